The number of thiophene rings is 1. The molecule has 0 aliphatic carbocycles. The molecule has 1 unspecified atom stereocenters. The minimum absolute atomic E-state index is 0.121. The van der Waals surface area contributed by atoms with Crippen molar-refractivity contribution in [1.82, 2.24) is 5.32 Å². The molecule has 0 saturated heterocycles. The molecule has 1 atom stereocenters. The highest BCUT2D eigenvalue weighted by Crippen LogP contribution is 2.21. The van der Waals surface area contributed by atoms with Gasteiger partial charge in [-0.15, -0.1) is 0 Å². The summed E-state index contributed by atoms with van der Waals surface area (Å²) in [7, 11) is 0. The van der Waals surface area contributed by atoms with Gasteiger partial charge in [-0.3, -0.25) is 9.59 Å². The summed E-state index contributed by atoms with van der Waals surface area (Å²) >= 11 is 7.62. The summed E-state index contributed by atoms with van der Waals surface area (Å²) < 4.78 is 0. The van der Waals surface area contributed by atoms with Crippen LogP contribution < -0.4 is 10.6 Å². The maximum Gasteiger partial charge on any atom is 0.253 e. The molecule has 6 heteroatoms. The van der Waals surface area contributed by atoms with Gasteiger partial charge in [0, 0.05) is 5.38 Å². The van der Waals surface area contributed by atoms with Gasteiger partial charge in [-0.05, 0) is 29.1 Å². The molecule has 0 saturated carbocycles. The smallest absolute Gasteiger partial charge is 0.253 e. The molecule has 26 heavy (non-hydrogen) atoms. The fourth-order valence-electron chi connectivity index (χ4n) is 2.55. The molecular weight excluding hydrogens is 368 g/mol. The number of amides is 2. The second-order valence-corrected chi connectivity index (χ2v) is 6.87. The first-order valence-electron chi connectivity index (χ1n) is 8.06. The molecule has 4 nitrogen and oxygen atoms in total. The van der Waals surface area contributed by atoms with Gasteiger partial charge in [-0.2, -0.15) is 11.3 Å². The van der Waals surface area contributed by atoms with Crippen LogP contribution in [0.15, 0.2) is 71.4 Å². The summed E-state index contributed by atoms with van der Waals surface area (Å²) in [5.41, 5.74) is 1.99. The van der Waals surface area contributed by atoms with E-state index in [0.717, 1.165) is 11.3 Å². The zero-order valence-electron chi connectivity index (χ0n) is 13.8. The van der Waals surface area contributed by atoms with E-state index in [1.807, 2.05) is 47.2 Å². The molecule has 0 bridgehead atoms. The van der Waals surface area contributed by atoms with Gasteiger partial charge in [0.1, 0.15) is 0 Å². The van der Waals surface area contributed by atoms with Gasteiger partial charge in [-0.1, -0.05) is 54.1 Å². The third kappa shape index (κ3) is 4.71. The summed E-state index contributed by atoms with van der Waals surface area (Å²) in [6, 6.07) is 17.6. The van der Waals surface area contributed by atoms with E-state index in [-0.39, 0.29) is 18.2 Å². The molecule has 0 fully saturated rings. The van der Waals surface area contributed by atoms with Crippen LogP contribution in [0.3, 0.4) is 0 Å². The number of nitrogens with one attached hydrogen (secondary N) is 2. The standard InChI is InChI=1S/C20H17ClN2O2S/c21-17-9-5-4-8-16(17)20(25)23-18(14-6-2-1-3-7-14)12-19(24)22-15-10-11-26-13-15/h1-11,13,18H,12H2,(H,22,24)(H,23,25). The largest absolute Gasteiger partial charge is 0.345 e. The van der Waals surface area contributed by atoms with Gasteiger partial charge >= 0.3 is 0 Å². The van der Waals surface area contributed by atoms with Crippen molar-refractivity contribution in [2.24, 2.45) is 0 Å². The molecule has 2 N–H and O–H groups in total. The minimum atomic E-state index is -0.460. The second-order valence-electron chi connectivity index (χ2n) is 5.68. The van der Waals surface area contributed by atoms with Crippen LogP contribution in [-0.4, -0.2) is 11.8 Å². The lowest BCUT2D eigenvalue weighted by atomic mass is 10.0. The molecule has 0 aliphatic rings. The van der Waals surface area contributed by atoms with E-state index in [0.29, 0.717) is 10.6 Å². The van der Waals surface area contributed by atoms with Crippen molar-refractivity contribution in [3.8, 4) is 0 Å². The fraction of sp³-hybridized carbons (Fsp3) is 0.100. The molecule has 0 radical (unpaired) electrons. The van der Waals surface area contributed by atoms with Crippen molar-refractivity contribution >= 4 is 40.4 Å². The lowest BCUT2D eigenvalue weighted by Gasteiger charge is -2.19. The molecule has 1 heterocycles. The van der Waals surface area contributed by atoms with Gasteiger partial charge in [0.2, 0.25) is 5.91 Å². The molecular formula is C20H17ClN2O2S. The Bertz CT molecular complexity index is 882. The van der Waals surface area contributed by atoms with E-state index in [1.54, 1.807) is 24.3 Å². The van der Waals surface area contributed by atoms with Gasteiger partial charge in [0.15, 0.2) is 0 Å². The lowest BCUT2D eigenvalue weighted by Crippen LogP contribution is -2.31. The Labute approximate surface area is 160 Å². The molecule has 3 rings (SSSR count). The molecule has 0 spiro atoms. The minimum Gasteiger partial charge on any atom is -0.345 e. The van der Waals surface area contributed by atoms with Crippen molar-refractivity contribution in [3.05, 3.63) is 87.6 Å². The summed E-state index contributed by atoms with van der Waals surface area (Å²) in [4.78, 5) is 25.0. The molecule has 0 aliphatic heterocycles. The topological polar surface area (TPSA) is 58.2 Å². The van der Waals surface area contributed by atoms with Crippen LogP contribution in [0.4, 0.5) is 5.69 Å². The number of anilines is 1. The molecule has 3 aromatic rings. The number of hydrogen-bond donors (Lipinski definition) is 2. The lowest BCUT2D eigenvalue weighted by molar-refractivity contribution is -0.116. The Morgan fingerprint density at radius 3 is 2.42 bits per heavy atom. The number of carbonyl (C=O) groups is 2. The van der Waals surface area contributed by atoms with Crippen molar-refractivity contribution in [2.75, 3.05) is 5.32 Å². The average Bonchev–Trinajstić information content (AvgIpc) is 3.15. The zero-order chi connectivity index (χ0) is 18.4. The molecule has 132 valence electrons. The van der Waals surface area contributed by atoms with Crippen molar-refractivity contribution in [2.45, 2.75) is 12.5 Å². The van der Waals surface area contributed by atoms with Crippen molar-refractivity contribution in [1.29, 1.82) is 0 Å². The van der Waals surface area contributed by atoms with Crippen LogP contribution in [0.25, 0.3) is 0 Å². The van der Waals surface area contributed by atoms with E-state index in [4.69, 9.17) is 11.6 Å². The number of hydrogen-bond acceptors (Lipinski definition) is 3. The van der Waals surface area contributed by atoms with Crippen LogP contribution >= 0.6 is 22.9 Å². The maximum atomic E-state index is 12.6. The fourth-order valence-corrected chi connectivity index (χ4v) is 3.36. The van der Waals surface area contributed by atoms with Crippen LogP contribution in [0, 0.1) is 0 Å². The summed E-state index contributed by atoms with van der Waals surface area (Å²) in [6.45, 7) is 0. The molecule has 1 aromatic heterocycles. The second kappa shape index (κ2) is 8.65. The van der Waals surface area contributed by atoms with Crippen LogP contribution in [0.2, 0.25) is 5.02 Å². The van der Waals surface area contributed by atoms with Crippen LogP contribution in [-0.2, 0) is 4.79 Å². The monoisotopic (exact) mass is 384 g/mol. The van der Waals surface area contributed by atoms with Crippen LogP contribution in [0.5, 0.6) is 0 Å². The summed E-state index contributed by atoms with van der Waals surface area (Å²) in [5, 5.41) is 9.89. The maximum absolute atomic E-state index is 12.6. The molecule has 2 aromatic carbocycles. The third-order valence-corrected chi connectivity index (χ3v) is 4.83. The average molecular weight is 385 g/mol. The van der Waals surface area contributed by atoms with E-state index >= 15 is 0 Å². The first-order valence-corrected chi connectivity index (χ1v) is 9.38. The van der Waals surface area contributed by atoms with E-state index in [9.17, 15) is 9.59 Å². The van der Waals surface area contributed by atoms with Crippen molar-refractivity contribution in [3.63, 3.8) is 0 Å². The van der Waals surface area contributed by atoms with Gasteiger partial charge in [0.25, 0.3) is 5.91 Å². The quantitative estimate of drug-likeness (QED) is 0.635. The van der Waals surface area contributed by atoms with Gasteiger partial charge < -0.3 is 10.6 Å². The number of rotatable bonds is 6. The zero-order valence-corrected chi connectivity index (χ0v) is 15.4. The van der Waals surface area contributed by atoms with Gasteiger partial charge in [-0.25, -0.2) is 0 Å². The first kappa shape index (κ1) is 18.2. The highest BCUT2D eigenvalue weighted by atomic mass is 35.5. The Hall–Kier alpha value is -2.63. The Balaban J connectivity index is 1.76. The third-order valence-electron chi connectivity index (χ3n) is 3.82. The highest BCUT2D eigenvalue weighted by Gasteiger charge is 2.20. The SMILES string of the molecule is O=C(CC(NC(=O)c1ccccc1Cl)c1ccccc1)Nc1ccsc1. The summed E-state index contributed by atoms with van der Waals surface area (Å²) in [6.07, 6.45) is 0.121. The van der Waals surface area contributed by atoms with E-state index in [2.05, 4.69) is 10.6 Å². The predicted molar refractivity (Wildman–Crippen MR) is 106 cm³/mol. The summed E-state index contributed by atoms with van der Waals surface area (Å²) in [5.74, 6) is -0.482. The van der Waals surface area contributed by atoms with Crippen molar-refractivity contribution < 1.29 is 9.59 Å². The van der Waals surface area contributed by atoms with Gasteiger partial charge in [0.05, 0.1) is 28.7 Å². The Kier molecular flexibility index (Phi) is 6.04. The van der Waals surface area contributed by atoms with Crippen LogP contribution in [0.1, 0.15) is 28.4 Å². The number of carbonyl (C=O) groups excluding carboxylic acids is 2. The molecule has 2 amide bonds. The van der Waals surface area contributed by atoms with E-state index in [1.165, 1.54) is 11.3 Å². The Morgan fingerprint density at radius 2 is 1.73 bits per heavy atom. The first-order chi connectivity index (χ1) is 12.6. The highest BCUT2D eigenvalue weighted by molar-refractivity contribution is 7.08. The number of halogens is 1. The van der Waals surface area contributed by atoms with E-state index < -0.39 is 6.04 Å². The normalized spacial score (nSPS) is 11.6. The number of benzene rings is 2. The Morgan fingerprint density at radius 1 is 1.00 bits per heavy atom. The predicted octanol–water partition coefficient (Wildman–Crippen LogP) is 4.90.